The molecule has 0 radical (unpaired) electrons. The number of hydrogen-bond acceptors (Lipinski definition) is 3. The fraction of sp³-hybridized carbons (Fsp3) is 0.429. The van der Waals surface area contributed by atoms with Gasteiger partial charge in [-0.25, -0.2) is 0 Å². The van der Waals surface area contributed by atoms with E-state index in [0.29, 0.717) is 15.7 Å². The number of thiocarbonyl (C=S) groups is 1. The van der Waals surface area contributed by atoms with Gasteiger partial charge in [0.2, 0.25) is 5.91 Å². The fourth-order valence-corrected chi connectivity index (χ4v) is 3.61. The number of nitrogens with zero attached hydrogens (tertiary/aromatic N) is 1. The molecule has 0 aliphatic carbocycles. The van der Waals surface area contributed by atoms with Crippen LogP contribution in [0.4, 0.5) is 5.69 Å². The van der Waals surface area contributed by atoms with Gasteiger partial charge < -0.3 is 10.2 Å². The number of thioether (sulfide) groups is 1. The van der Waals surface area contributed by atoms with Crippen LogP contribution in [-0.2, 0) is 4.79 Å². The topological polar surface area (TPSA) is 32.3 Å². The van der Waals surface area contributed by atoms with Gasteiger partial charge in [0.1, 0.15) is 4.32 Å². The van der Waals surface area contributed by atoms with Gasteiger partial charge in [0.25, 0.3) is 0 Å². The first-order valence-electron chi connectivity index (χ1n) is 6.60. The summed E-state index contributed by atoms with van der Waals surface area (Å²) in [4.78, 5) is 14.2. The molecule has 1 aromatic carbocycles. The maximum atomic E-state index is 12.2. The van der Waals surface area contributed by atoms with Gasteiger partial charge in [0.05, 0.1) is 16.0 Å². The highest BCUT2D eigenvalue weighted by atomic mass is 35.5. The third-order valence-corrected chi connectivity index (χ3v) is 4.98. The van der Waals surface area contributed by atoms with Gasteiger partial charge in [-0.1, -0.05) is 47.2 Å². The van der Waals surface area contributed by atoms with E-state index < -0.39 is 0 Å². The number of hydrogen-bond donors (Lipinski definition) is 1. The predicted octanol–water partition coefficient (Wildman–Crippen LogP) is 4.68. The van der Waals surface area contributed by atoms with Crippen molar-refractivity contribution < 1.29 is 4.79 Å². The number of carbonyl (C=O) groups is 1. The van der Waals surface area contributed by atoms with Crippen molar-refractivity contribution in [1.82, 2.24) is 4.90 Å². The molecular formula is C14H18Cl2N2OS2. The molecule has 0 saturated carbocycles. The summed E-state index contributed by atoms with van der Waals surface area (Å²) in [6, 6.07) is 4.96. The van der Waals surface area contributed by atoms with E-state index >= 15 is 0 Å². The first kappa shape index (κ1) is 18.6. The van der Waals surface area contributed by atoms with Gasteiger partial charge in [-0.15, -0.1) is 0 Å². The molecule has 1 amide bonds. The highest BCUT2D eigenvalue weighted by molar-refractivity contribution is 8.23. The van der Waals surface area contributed by atoms with Crippen LogP contribution in [0.3, 0.4) is 0 Å². The van der Waals surface area contributed by atoms with Gasteiger partial charge in [0, 0.05) is 18.1 Å². The second kappa shape index (κ2) is 8.83. The summed E-state index contributed by atoms with van der Waals surface area (Å²) in [5, 5.41) is 3.43. The molecule has 1 N–H and O–H groups in total. The SMILES string of the molecule is CCN(CC)C(=S)S[C@H](C)C(=O)Nc1ccc(Cl)cc1Cl. The van der Waals surface area contributed by atoms with Crippen LogP contribution < -0.4 is 5.32 Å². The average molecular weight is 365 g/mol. The van der Waals surface area contributed by atoms with Crippen molar-refractivity contribution in [2.75, 3.05) is 18.4 Å². The van der Waals surface area contributed by atoms with Gasteiger partial charge >= 0.3 is 0 Å². The maximum absolute atomic E-state index is 12.2. The van der Waals surface area contributed by atoms with Crippen LogP contribution in [0.5, 0.6) is 0 Å². The summed E-state index contributed by atoms with van der Waals surface area (Å²) >= 11 is 18.6. The third-order valence-electron chi connectivity index (χ3n) is 2.86. The first-order valence-corrected chi connectivity index (χ1v) is 8.64. The monoisotopic (exact) mass is 364 g/mol. The lowest BCUT2D eigenvalue weighted by Crippen LogP contribution is -2.31. The van der Waals surface area contributed by atoms with Crippen molar-refractivity contribution in [3.63, 3.8) is 0 Å². The smallest absolute Gasteiger partial charge is 0.237 e. The molecule has 0 unspecified atom stereocenters. The zero-order valence-electron chi connectivity index (χ0n) is 12.2. The Bertz CT molecular complexity index is 522. The van der Waals surface area contributed by atoms with E-state index in [-0.39, 0.29) is 11.2 Å². The van der Waals surface area contributed by atoms with Crippen molar-refractivity contribution >= 4 is 63.1 Å². The van der Waals surface area contributed by atoms with Gasteiger partial charge in [0.15, 0.2) is 0 Å². The Balaban J connectivity index is 2.64. The number of halogens is 2. The lowest BCUT2D eigenvalue weighted by atomic mass is 10.3. The zero-order valence-corrected chi connectivity index (χ0v) is 15.3. The lowest BCUT2D eigenvalue weighted by molar-refractivity contribution is -0.115. The number of rotatable bonds is 5. The van der Waals surface area contributed by atoms with E-state index in [1.165, 1.54) is 11.8 Å². The maximum Gasteiger partial charge on any atom is 0.237 e. The highest BCUT2D eigenvalue weighted by Gasteiger charge is 2.19. The molecular weight excluding hydrogens is 347 g/mol. The van der Waals surface area contributed by atoms with E-state index in [0.717, 1.165) is 17.4 Å². The molecule has 21 heavy (non-hydrogen) atoms. The van der Waals surface area contributed by atoms with Crippen molar-refractivity contribution in [2.24, 2.45) is 0 Å². The minimum atomic E-state index is -0.301. The van der Waals surface area contributed by atoms with Crippen molar-refractivity contribution in [2.45, 2.75) is 26.0 Å². The van der Waals surface area contributed by atoms with E-state index in [1.807, 2.05) is 25.7 Å². The van der Waals surface area contributed by atoms with Gasteiger partial charge in [-0.05, 0) is 39.0 Å². The quantitative estimate of drug-likeness (QED) is 0.768. The number of amides is 1. The Kier molecular flexibility index (Phi) is 7.81. The second-order valence-electron chi connectivity index (χ2n) is 4.31. The predicted molar refractivity (Wildman–Crippen MR) is 97.7 cm³/mol. The molecule has 0 saturated heterocycles. The molecule has 0 bridgehead atoms. The molecule has 116 valence electrons. The van der Waals surface area contributed by atoms with E-state index in [2.05, 4.69) is 5.32 Å². The second-order valence-corrected chi connectivity index (χ2v) is 7.13. The number of benzene rings is 1. The summed E-state index contributed by atoms with van der Waals surface area (Å²) < 4.78 is 0.727. The molecule has 0 aliphatic rings. The van der Waals surface area contributed by atoms with Crippen LogP contribution in [-0.4, -0.2) is 33.5 Å². The standard InChI is InChI=1S/C14H18Cl2N2OS2/c1-4-18(5-2)14(20)21-9(3)13(19)17-12-7-6-10(15)8-11(12)16/h6-9H,4-5H2,1-3H3,(H,17,19)/t9-/m1/s1. The molecule has 0 spiro atoms. The fourth-order valence-electron chi connectivity index (χ4n) is 1.59. The van der Waals surface area contributed by atoms with Crippen LogP contribution in [0.15, 0.2) is 18.2 Å². The number of anilines is 1. The Morgan fingerprint density at radius 2 is 2.00 bits per heavy atom. The Hall–Kier alpha value is -0.490. The van der Waals surface area contributed by atoms with Crippen LogP contribution in [0.2, 0.25) is 10.0 Å². The van der Waals surface area contributed by atoms with Crippen LogP contribution >= 0.6 is 47.2 Å². The summed E-state index contributed by atoms with van der Waals surface area (Å²) in [5.41, 5.74) is 0.548. The number of carbonyl (C=O) groups excluding carboxylic acids is 1. The Labute approximate surface area is 145 Å². The minimum absolute atomic E-state index is 0.140. The van der Waals surface area contributed by atoms with E-state index in [1.54, 1.807) is 18.2 Å². The lowest BCUT2D eigenvalue weighted by Gasteiger charge is -2.23. The Morgan fingerprint density at radius 1 is 1.38 bits per heavy atom. The highest BCUT2D eigenvalue weighted by Crippen LogP contribution is 2.26. The summed E-state index contributed by atoms with van der Waals surface area (Å²) in [5.74, 6) is -0.140. The molecule has 0 fully saturated rings. The Morgan fingerprint density at radius 3 is 2.52 bits per heavy atom. The minimum Gasteiger partial charge on any atom is -0.358 e. The summed E-state index contributed by atoms with van der Waals surface area (Å²) in [6.45, 7) is 7.56. The van der Waals surface area contributed by atoms with Crippen molar-refractivity contribution in [3.05, 3.63) is 28.2 Å². The third kappa shape index (κ3) is 5.66. The summed E-state index contributed by atoms with van der Waals surface area (Å²) in [7, 11) is 0. The van der Waals surface area contributed by atoms with Crippen LogP contribution in [0, 0.1) is 0 Å². The first-order chi connectivity index (χ1) is 9.88. The molecule has 1 atom stereocenters. The number of nitrogens with one attached hydrogen (secondary N) is 1. The van der Waals surface area contributed by atoms with E-state index in [4.69, 9.17) is 35.4 Å². The molecule has 3 nitrogen and oxygen atoms in total. The summed E-state index contributed by atoms with van der Waals surface area (Å²) in [6.07, 6.45) is 0. The largest absolute Gasteiger partial charge is 0.358 e. The van der Waals surface area contributed by atoms with Crippen LogP contribution in [0.25, 0.3) is 0 Å². The van der Waals surface area contributed by atoms with E-state index in [9.17, 15) is 4.79 Å². The van der Waals surface area contributed by atoms with Crippen LogP contribution in [0.1, 0.15) is 20.8 Å². The molecule has 1 rings (SSSR count). The average Bonchev–Trinajstić information content (AvgIpc) is 2.43. The molecule has 1 aromatic rings. The van der Waals surface area contributed by atoms with Crippen molar-refractivity contribution in [3.8, 4) is 0 Å². The van der Waals surface area contributed by atoms with Crippen molar-refractivity contribution in [1.29, 1.82) is 0 Å². The normalized spacial score (nSPS) is 11.9. The molecule has 7 heteroatoms. The van der Waals surface area contributed by atoms with Gasteiger partial charge in [-0.2, -0.15) is 0 Å². The van der Waals surface area contributed by atoms with Gasteiger partial charge in [-0.3, -0.25) is 4.79 Å². The molecule has 0 heterocycles. The molecule has 0 aromatic heterocycles. The zero-order chi connectivity index (χ0) is 16.0. The molecule has 0 aliphatic heterocycles.